The largest absolute Gasteiger partial charge is 0.421 e. The van der Waals surface area contributed by atoms with Crippen molar-refractivity contribution in [3.63, 3.8) is 0 Å². The summed E-state index contributed by atoms with van der Waals surface area (Å²) in [5, 5.41) is 13.6. The van der Waals surface area contributed by atoms with E-state index in [1.54, 1.807) is 12.3 Å². The lowest BCUT2D eigenvalue weighted by atomic mass is 9.96. The van der Waals surface area contributed by atoms with Gasteiger partial charge in [0.1, 0.15) is 0 Å². The van der Waals surface area contributed by atoms with Gasteiger partial charge >= 0.3 is 6.18 Å². The Labute approximate surface area is 160 Å². The molecule has 0 saturated heterocycles. The standard InChI is InChI=1S/C15H11ClF3N3O3S2/c1-14(23,15(17,18)19)9-3-5-10(6-4-9)27(24,25)12-11(16)21-13(26-12)22-8-2-7-20-22/h2-8,23H,1H3. The van der Waals surface area contributed by atoms with Gasteiger partial charge in [0.15, 0.2) is 15.0 Å². The second-order valence-electron chi connectivity index (χ2n) is 5.62. The number of halogens is 4. The first-order chi connectivity index (χ1) is 12.4. The highest BCUT2D eigenvalue weighted by Gasteiger charge is 2.51. The Morgan fingerprint density at radius 3 is 2.37 bits per heavy atom. The van der Waals surface area contributed by atoms with Crippen LogP contribution in [-0.4, -0.2) is 34.5 Å². The number of thiazole rings is 1. The quantitative estimate of drug-likeness (QED) is 0.674. The van der Waals surface area contributed by atoms with Crippen molar-refractivity contribution >= 4 is 32.8 Å². The van der Waals surface area contributed by atoms with Crippen LogP contribution in [0, 0.1) is 0 Å². The van der Waals surface area contributed by atoms with E-state index < -0.39 is 27.2 Å². The third-order valence-electron chi connectivity index (χ3n) is 3.77. The van der Waals surface area contributed by atoms with Gasteiger partial charge in [0.05, 0.1) is 4.90 Å². The van der Waals surface area contributed by atoms with Gasteiger partial charge in [-0.3, -0.25) is 0 Å². The SMILES string of the molecule is CC(O)(c1ccc(S(=O)(=O)c2sc(-n3cccn3)nc2Cl)cc1)C(F)(F)F. The van der Waals surface area contributed by atoms with E-state index in [0.29, 0.717) is 6.92 Å². The molecule has 0 fully saturated rings. The molecule has 27 heavy (non-hydrogen) atoms. The topological polar surface area (TPSA) is 85.1 Å². The predicted octanol–water partition coefficient (Wildman–Crippen LogP) is 3.58. The fraction of sp³-hybridized carbons (Fsp3) is 0.200. The molecule has 6 nitrogen and oxygen atoms in total. The van der Waals surface area contributed by atoms with E-state index in [-0.39, 0.29) is 19.4 Å². The minimum Gasteiger partial charge on any atom is -0.376 e. The van der Waals surface area contributed by atoms with Crippen LogP contribution >= 0.6 is 22.9 Å². The number of alkyl halides is 3. The Hall–Kier alpha value is -1.95. The van der Waals surface area contributed by atoms with Gasteiger partial charge in [-0.15, -0.1) is 0 Å². The molecule has 2 aromatic heterocycles. The second kappa shape index (κ2) is 6.59. The molecular formula is C15H11ClF3N3O3S2. The van der Waals surface area contributed by atoms with Crippen LogP contribution in [0.1, 0.15) is 12.5 Å². The zero-order valence-corrected chi connectivity index (χ0v) is 15.9. The Kier molecular flexibility index (Phi) is 4.83. The Bertz CT molecular complexity index is 1060. The van der Waals surface area contributed by atoms with Crippen molar-refractivity contribution in [3.8, 4) is 5.13 Å². The number of hydrogen-bond acceptors (Lipinski definition) is 6. The van der Waals surface area contributed by atoms with Gasteiger partial charge in [-0.05, 0) is 30.7 Å². The summed E-state index contributed by atoms with van der Waals surface area (Å²) in [4.78, 5) is 3.67. The summed E-state index contributed by atoms with van der Waals surface area (Å²) in [5.74, 6) is 0. The van der Waals surface area contributed by atoms with E-state index in [0.717, 1.165) is 35.6 Å². The molecule has 3 aromatic rings. The van der Waals surface area contributed by atoms with Crippen LogP contribution in [0.4, 0.5) is 13.2 Å². The van der Waals surface area contributed by atoms with Gasteiger partial charge in [0, 0.05) is 12.4 Å². The zero-order valence-electron chi connectivity index (χ0n) is 13.5. The third kappa shape index (κ3) is 3.47. The molecule has 12 heteroatoms. The number of sulfone groups is 1. The average molecular weight is 438 g/mol. The highest BCUT2D eigenvalue weighted by Crippen LogP contribution is 2.39. The molecule has 0 aliphatic rings. The Morgan fingerprint density at radius 1 is 1.22 bits per heavy atom. The molecule has 1 atom stereocenters. The number of hydrogen-bond donors (Lipinski definition) is 1. The first-order valence-corrected chi connectivity index (χ1v) is 9.93. The van der Waals surface area contributed by atoms with Crippen LogP contribution in [0.25, 0.3) is 5.13 Å². The number of aliphatic hydroxyl groups is 1. The van der Waals surface area contributed by atoms with Crippen LogP contribution in [0.5, 0.6) is 0 Å². The molecule has 144 valence electrons. The normalized spacial score (nSPS) is 14.9. The smallest absolute Gasteiger partial charge is 0.376 e. The van der Waals surface area contributed by atoms with Gasteiger partial charge in [0.25, 0.3) is 0 Å². The fourth-order valence-electron chi connectivity index (χ4n) is 2.15. The first-order valence-electron chi connectivity index (χ1n) is 7.25. The van der Waals surface area contributed by atoms with Crippen molar-refractivity contribution in [2.24, 2.45) is 0 Å². The monoisotopic (exact) mass is 437 g/mol. The summed E-state index contributed by atoms with van der Waals surface area (Å²) in [6.07, 6.45) is -1.87. The summed E-state index contributed by atoms with van der Waals surface area (Å²) in [6.45, 7) is 0.590. The molecule has 3 rings (SSSR count). The molecular weight excluding hydrogens is 427 g/mol. The number of nitrogens with zero attached hydrogens (tertiary/aromatic N) is 3. The summed E-state index contributed by atoms with van der Waals surface area (Å²) in [7, 11) is -4.12. The van der Waals surface area contributed by atoms with Crippen molar-refractivity contribution in [1.82, 2.24) is 14.8 Å². The van der Waals surface area contributed by atoms with Crippen LogP contribution < -0.4 is 0 Å². The van der Waals surface area contributed by atoms with Crippen LogP contribution in [0.15, 0.2) is 51.8 Å². The molecule has 0 bridgehead atoms. The summed E-state index contributed by atoms with van der Waals surface area (Å²) in [5.41, 5.74) is -3.59. The number of rotatable bonds is 4. The fourth-order valence-corrected chi connectivity index (χ4v) is 5.26. The summed E-state index contributed by atoms with van der Waals surface area (Å²) < 4.78 is 65.3. The van der Waals surface area contributed by atoms with E-state index in [1.165, 1.54) is 10.9 Å². The van der Waals surface area contributed by atoms with Gasteiger partial charge in [-0.2, -0.15) is 18.3 Å². The third-order valence-corrected chi connectivity index (χ3v) is 7.59. The second-order valence-corrected chi connectivity index (χ2v) is 9.10. The molecule has 0 aliphatic carbocycles. The molecule has 0 spiro atoms. The van der Waals surface area contributed by atoms with E-state index in [2.05, 4.69) is 10.1 Å². The maximum absolute atomic E-state index is 12.9. The molecule has 0 aliphatic heterocycles. The predicted molar refractivity (Wildman–Crippen MR) is 91.8 cm³/mol. The lowest BCUT2D eigenvalue weighted by molar-refractivity contribution is -0.258. The minimum absolute atomic E-state index is 0.222. The highest BCUT2D eigenvalue weighted by molar-refractivity contribution is 7.93. The molecule has 2 heterocycles. The lowest BCUT2D eigenvalue weighted by Gasteiger charge is -2.26. The van der Waals surface area contributed by atoms with Crippen molar-refractivity contribution in [1.29, 1.82) is 0 Å². The molecule has 0 radical (unpaired) electrons. The van der Waals surface area contributed by atoms with Gasteiger partial charge in [-0.25, -0.2) is 18.1 Å². The summed E-state index contributed by atoms with van der Waals surface area (Å²) >= 11 is 6.72. The molecule has 0 amide bonds. The molecule has 1 unspecified atom stereocenters. The van der Waals surface area contributed by atoms with Crippen LogP contribution in [0.3, 0.4) is 0 Å². The van der Waals surface area contributed by atoms with Crippen molar-refractivity contribution < 1.29 is 26.7 Å². The highest BCUT2D eigenvalue weighted by atomic mass is 35.5. The molecule has 1 aromatic carbocycles. The van der Waals surface area contributed by atoms with Crippen molar-refractivity contribution in [2.75, 3.05) is 0 Å². The number of aromatic nitrogens is 3. The van der Waals surface area contributed by atoms with Gasteiger partial charge in [-0.1, -0.05) is 35.1 Å². The van der Waals surface area contributed by atoms with E-state index in [1.807, 2.05) is 0 Å². The zero-order chi connectivity index (χ0) is 20.0. The van der Waals surface area contributed by atoms with Gasteiger partial charge < -0.3 is 5.11 Å². The van der Waals surface area contributed by atoms with Gasteiger partial charge in [0.2, 0.25) is 15.0 Å². The Balaban J connectivity index is 1.99. The van der Waals surface area contributed by atoms with E-state index >= 15 is 0 Å². The maximum Gasteiger partial charge on any atom is 0.421 e. The van der Waals surface area contributed by atoms with Crippen molar-refractivity contribution in [3.05, 3.63) is 53.4 Å². The van der Waals surface area contributed by atoms with E-state index in [4.69, 9.17) is 11.6 Å². The number of benzene rings is 1. The summed E-state index contributed by atoms with van der Waals surface area (Å²) in [6, 6.07) is 5.39. The van der Waals surface area contributed by atoms with Crippen molar-refractivity contribution in [2.45, 2.75) is 27.8 Å². The maximum atomic E-state index is 12.9. The van der Waals surface area contributed by atoms with Crippen LogP contribution in [-0.2, 0) is 15.4 Å². The van der Waals surface area contributed by atoms with Crippen LogP contribution in [0.2, 0.25) is 5.15 Å². The first kappa shape index (κ1) is 19.8. The molecule has 1 N–H and O–H groups in total. The van der Waals surface area contributed by atoms with E-state index in [9.17, 15) is 26.7 Å². The lowest BCUT2D eigenvalue weighted by Crippen LogP contribution is -2.39. The minimum atomic E-state index is -4.91. The molecule has 0 saturated carbocycles. The average Bonchev–Trinajstić information content (AvgIpc) is 3.23. The Morgan fingerprint density at radius 2 is 1.85 bits per heavy atom.